The van der Waals surface area contributed by atoms with Crippen LogP contribution >= 0.6 is 0 Å². The Kier molecular flexibility index (Phi) is 9.80. The summed E-state index contributed by atoms with van der Waals surface area (Å²) >= 11 is 0. The second-order valence-corrected chi connectivity index (χ2v) is 8.12. The van der Waals surface area contributed by atoms with E-state index in [1.807, 2.05) is 6.92 Å². The molecule has 0 fully saturated rings. The number of hydrogen-bond donors (Lipinski definition) is 2. The Labute approximate surface area is 215 Å². The molecular weight excluding hydrogens is 476 g/mol. The zero-order valence-corrected chi connectivity index (χ0v) is 21.0. The molecule has 1 heterocycles. The number of ether oxygens (including phenoxy) is 4. The third-order valence-corrected chi connectivity index (χ3v) is 5.22. The van der Waals surface area contributed by atoms with Crippen molar-refractivity contribution in [2.75, 3.05) is 39.4 Å². The number of terminal acetylenes is 1. The van der Waals surface area contributed by atoms with E-state index in [2.05, 4.69) is 16.3 Å². The fourth-order valence-electron chi connectivity index (χ4n) is 3.51. The van der Waals surface area contributed by atoms with Crippen LogP contribution < -0.4 is 15.8 Å². The number of nitrogens with one attached hydrogen (secondary N) is 1. The molecule has 10 heteroatoms. The third kappa shape index (κ3) is 7.65. The van der Waals surface area contributed by atoms with Crippen LogP contribution in [-0.4, -0.2) is 61.7 Å². The van der Waals surface area contributed by atoms with Gasteiger partial charge in [0.1, 0.15) is 18.6 Å². The summed E-state index contributed by atoms with van der Waals surface area (Å²) in [6, 6.07) is 11.6. The number of aromatic nitrogens is 2. The average Bonchev–Trinajstić information content (AvgIpc) is 3.33. The number of rotatable bonds is 13. The summed E-state index contributed by atoms with van der Waals surface area (Å²) in [5.41, 5.74) is 7.74. The maximum absolute atomic E-state index is 13.2. The standard InChI is InChI=1S/C27H30N4O6/c1-5-19-12-20(26(28)32)6-7-24(19)21-13-22(15-23(14-21)37-18(2)16-35-4)27(33)29-25-8-9-31(30-25)17-36-11-10-34-3/h1,6-9,12-15,18H,10-11,16-17H2,2-4H3,(H2,28,32)(H,29,30,33)/t18-/m0/s1. The van der Waals surface area contributed by atoms with Crippen molar-refractivity contribution in [1.82, 2.24) is 9.78 Å². The van der Waals surface area contributed by atoms with Gasteiger partial charge in [0.05, 0.1) is 19.8 Å². The van der Waals surface area contributed by atoms with Crippen LogP contribution in [0.4, 0.5) is 5.82 Å². The Morgan fingerprint density at radius 3 is 2.62 bits per heavy atom. The highest BCUT2D eigenvalue weighted by Gasteiger charge is 2.16. The molecule has 0 aliphatic heterocycles. The first kappa shape index (κ1) is 27.4. The van der Waals surface area contributed by atoms with Crippen LogP contribution in [0.5, 0.6) is 5.75 Å². The minimum Gasteiger partial charge on any atom is -0.488 e. The largest absolute Gasteiger partial charge is 0.488 e. The number of benzene rings is 2. The second kappa shape index (κ2) is 13.2. The van der Waals surface area contributed by atoms with E-state index in [4.69, 9.17) is 31.1 Å². The van der Waals surface area contributed by atoms with Gasteiger partial charge in [0.2, 0.25) is 5.91 Å². The molecule has 0 aliphatic carbocycles. The lowest BCUT2D eigenvalue weighted by atomic mass is 9.96. The molecule has 0 saturated carbocycles. The summed E-state index contributed by atoms with van der Waals surface area (Å²) < 4.78 is 23.1. The molecule has 0 unspecified atom stereocenters. The van der Waals surface area contributed by atoms with Crippen LogP contribution in [0.15, 0.2) is 48.7 Å². The lowest BCUT2D eigenvalue weighted by Gasteiger charge is -2.17. The molecule has 10 nitrogen and oxygen atoms in total. The molecule has 0 saturated heterocycles. The Hall–Kier alpha value is -4.17. The number of hydrogen-bond acceptors (Lipinski definition) is 7. The van der Waals surface area contributed by atoms with E-state index in [1.165, 1.54) is 0 Å². The van der Waals surface area contributed by atoms with E-state index in [9.17, 15) is 9.59 Å². The van der Waals surface area contributed by atoms with Gasteiger partial charge in [0.25, 0.3) is 5.91 Å². The fraction of sp³-hybridized carbons (Fsp3) is 0.296. The van der Waals surface area contributed by atoms with E-state index in [0.29, 0.717) is 53.6 Å². The van der Waals surface area contributed by atoms with Crippen LogP contribution in [0.1, 0.15) is 33.2 Å². The van der Waals surface area contributed by atoms with Gasteiger partial charge < -0.3 is 30.0 Å². The Bertz CT molecular complexity index is 1280. The number of nitrogens with two attached hydrogens (primary N) is 1. The van der Waals surface area contributed by atoms with Crippen LogP contribution in [0.3, 0.4) is 0 Å². The van der Waals surface area contributed by atoms with Gasteiger partial charge in [-0.2, -0.15) is 5.10 Å². The Balaban J connectivity index is 1.90. The Morgan fingerprint density at radius 2 is 1.92 bits per heavy atom. The zero-order valence-electron chi connectivity index (χ0n) is 21.0. The van der Waals surface area contributed by atoms with Gasteiger partial charge in [-0.15, -0.1) is 6.42 Å². The van der Waals surface area contributed by atoms with Crippen molar-refractivity contribution in [3.63, 3.8) is 0 Å². The lowest BCUT2D eigenvalue weighted by molar-refractivity contribution is 0.0290. The van der Waals surface area contributed by atoms with Gasteiger partial charge in [-0.05, 0) is 48.4 Å². The third-order valence-electron chi connectivity index (χ3n) is 5.22. The highest BCUT2D eigenvalue weighted by molar-refractivity contribution is 6.05. The van der Waals surface area contributed by atoms with E-state index in [1.54, 1.807) is 67.6 Å². The Morgan fingerprint density at radius 1 is 1.11 bits per heavy atom. The molecule has 3 aromatic rings. The van der Waals surface area contributed by atoms with Crippen LogP contribution in [0.2, 0.25) is 0 Å². The van der Waals surface area contributed by atoms with Gasteiger partial charge in [-0.3, -0.25) is 9.59 Å². The lowest BCUT2D eigenvalue weighted by Crippen LogP contribution is -2.19. The minimum absolute atomic E-state index is 0.222. The highest BCUT2D eigenvalue weighted by Crippen LogP contribution is 2.30. The predicted molar refractivity (Wildman–Crippen MR) is 138 cm³/mol. The van der Waals surface area contributed by atoms with Gasteiger partial charge in [-0.25, -0.2) is 4.68 Å². The molecule has 1 aromatic heterocycles. The van der Waals surface area contributed by atoms with Gasteiger partial charge in [0.15, 0.2) is 5.82 Å². The topological polar surface area (TPSA) is 127 Å². The summed E-state index contributed by atoms with van der Waals surface area (Å²) in [7, 11) is 3.18. The SMILES string of the molecule is C#Cc1cc(C(N)=O)ccc1-c1cc(O[C@@H](C)COC)cc(C(=O)Nc2ccn(COCCOC)n2)c1. The molecule has 2 amide bonds. The van der Waals surface area contributed by atoms with E-state index in [0.717, 1.165) is 0 Å². The quantitative estimate of drug-likeness (QED) is 0.270. The molecular formula is C27H30N4O6. The molecule has 0 spiro atoms. The second-order valence-electron chi connectivity index (χ2n) is 8.12. The predicted octanol–water partition coefficient (Wildman–Crippen LogP) is 2.92. The summed E-state index contributed by atoms with van der Waals surface area (Å²) in [6.07, 6.45) is 7.14. The maximum Gasteiger partial charge on any atom is 0.257 e. The van der Waals surface area contributed by atoms with Crippen molar-refractivity contribution in [3.05, 3.63) is 65.4 Å². The van der Waals surface area contributed by atoms with Crippen molar-refractivity contribution in [2.24, 2.45) is 5.73 Å². The molecule has 3 rings (SSSR count). The first-order chi connectivity index (χ1) is 17.8. The van der Waals surface area contributed by atoms with E-state index in [-0.39, 0.29) is 18.4 Å². The van der Waals surface area contributed by atoms with Crippen molar-refractivity contribution >= 4 is 17.6 Å². The van der Waals surface area contributed by atoms with E-state index < -0.39 is 11.8 Å². The summed E-state index contributed by atoms with van der Waals surface area (Å²) in [5, 5.41) is 7.09. The number of methoxy groups -OCH3 is 2. The highest BCUT2D eigenvalue weighted by atomic mass is 16.5. The van der Waals surface area contributed by atoms with Gasteiger partial charge >= 0.3 is 0 Å². The molecule has 194 valence electrons. The number of amides is 2. The molecule has 2 aromatic carbocycles. The number of nitrogens with zero attached hydrogens (tertiary/aromatic N) is 2. The molecule has 37 heavy (non-hydrogen) atoms. The fourth-order valence-corrected chi connectivity index (χ4v) is 3.51. The summed E-state index contributed by atoms with van der Waals surface area (Å²) in [4.78, 5) is 24.8. The van der Waals surface area contributed by atoms with Crippen molar-refractivity contribution in [1.29, 1.82) is 0 Å². The van der Waals surface area contributed by atoms with Crippen molar-refractivity contribution in [2.45, 2.75) is 19.8 Å². The summed E-state index contributed by atoms with van der Waals surface area (Å²) in [5.74, 6) is 2.41. The molecule has 0 aliphatic rings. The van der Waals surface area contributed by atoms with Crippen LogP contribution in [0.25, 0.3) is 11.1 Å². The smallest absolute Gasteiger partial charge is 0.257 e. The van der Waals surface area contributed by atoms with Gasteiger partial charge in [-0.1, -0.05) is 12.0 Å². The van der Waals surface area contributed by atoms with Crippen molar-refractivity contribution in [3.8, 4) is 29.2 Å². The molecule has 3 N–H and O–H groups in total. The van der Waals surface area contributed by atoms with Crippen molar-refractivity contribution < 1.29 is 28.5 Å². The zero-order chi connectivity index (χ0) is 26.8. The molecule has 0 radical (unpaired) electrons. The first-order valence-electron chi connectivity index (χ1n) is 11.5. The summed E-state index contributed by atoms with van der Waals surface area (Å²) in [6.45, 7) is 3.33. The number of primary amides is 1. The number of carbonyl (C=O) groups is 2. The number of anilines is 1. The number of carbonyl (C=O) groups excluding carboxylic acids is 2. The molecule has 0 bridgehead atoms. The average molecular weight is 507 g/mol. The first-order valence-corrected chi connectivity index (χ1v) is 11.5. The van der Waals surface area contributed by atoms with Gasteiger partial charge in [0, 0.05) is 43.2 Å². The monoisotopic (exact) mass is 506 g/mol. The maximum atomic E-state index is 13.2. The minimum atomic E-state index is -0.586. The van der Waals surface area contributed by atoms with E-state index >= 15 is 0 Å². The molecule has 1 atom stereocenters. The van der Waals surface area contributed by atoms with Crippen LogP contribution in [-0.2, 0) is 20.9 Å². The van der Waals surface area contributed by atoms with Crippen LogP contribution in [0, 0.1) is 12.3 Å². The normalized spacial score (nSPS) is 11.5.